The lowest BCUT2D eigenvalue weighted by Crippen LogP contribution is -2.50. The van der Waals surface area contributed by atoms with Gasteiger partial charge in [-0.05, 0) is 247 Å². The minimum absolute atomic E-state index is 0.00253. The number of halogens is 4. The highest BCUT2D eigenvalue weighted by atomic mass is 79.9. The Kier molecular flexibility index (Phi) is 27.7. The number of likely N-dealkylation sites (tertiary alicyclic amines) is 4. The van der Waals surface area contributed by atoms with Crippen LogP contribution in [0.15, 0.2) is 91.2 Å². The van der Waals surface area contributed by atoms with Crippen molar-refractivity contribution in [3.05, 3.63) is 114 Å². The fourth-order valence-corrected chi connectivity index (χ4v) is 12.6. The maximum Gasteiger partial charge on any atom is 0.410 e. The molecular formula is C66H94Br4N8O14S. The summed E-state index contributed by atoms with van der Waals surface area (Å²) in [7, 11) is -2.20. The quantitative estimate of drug-likeness (QED) is 0.0706. The van der Waals surface area contributed by atoms with E-state index in [-0.39, 0.29) is 54.4 Å². The van der Waals surface area contributed by atoms with Gasteiger partial charge in [0.1, 0.15) is 46.2 Å². The number of rotatable bonds is 9. The summed E-state index contributed by atoms with van der Waals surface area (Å²) in [5.74, 6) is -0.322. The van der Waals surface area contributed by atoms with Crippen LogP contribution >= 0.6 is 63.7 Å². The number of carbonyl (C=O) groups excluding carboxylic acids is 5. The zero-order chi connectivity index (χ0) is 69.6. The number of pyridine rings is 4. The maximum atomic E-state index is 12.5. The third-order valence-corrected chi connectivity index (χ3v) is 18.3. The van der Waals surface area contributed by atoms with Crippen LogP contribution in [0.4, 0.5) is 19.2 Å². The smallest absolute Gasteiger partial charge is 0.410 e. The average molecular weight is 1580 g/mol. The Hall–Kier alpha value is -5.06. The molecule has 0 aromatic carbocycles. The van der Waals surface area contributed by atoms with Crippen molar-refractivity contribution in [1.82, 2.24) is 39.5 Å². The highest BCUT2D eigenvalue weighted by Crippen LogP contribution is 2.40. The molecule has 8 rings (SSSR count). The number of carbonyl (C=O) groups is 5. The molecule has 22 nitrogen and oxygen atoms in total. The van der Waals surface area contributed by atoms with Crippen LogP contribution in [0.1, 0.15) is 164 Å². The molecule has 4 aromatic heterocycles. The standard InChI is InChI=1S/C17H25BrN2O5S.C17H23BrN2O4.C16H23BrN2O3.C16H23BrN2O2/c1-16(2,3)25-15(21)20-10-8-17(9-11-20,12-24-26(4,22)23)13-6-5-7-14(18)19-13;1-16(2,3)24-15(22)20-10-8-17(9-11-20,14(21)23-4)12-6-5-7-13(18)19-12;1-15(2,3)22-14(21)19-9-7-16(11-20,8-10-19)12-5-4-6-13(17)18-12;1-15(2,3)21-14(20)19-10-8-16(4,9-11-19)12-6-5-7-13(17)18-12/h5-7H,8-12H2,1-4H3;5-7H,8-11H2,1-4H3;4-6,20H,7-11H2,1-3H3;5-7H,8-11H2,1-4H3. The summed E-state index contributed by atoms with van der Waals surface area (Å²) < 4.78 is 57.8. The first kappa shape index (κ1) is 78.6. The number of aromatic nitrogens is 4. The second-order valence-corrected chi connectivity index (χ2v) is 33.0. The predicted molar refractivity (Wildman–Crippen MR) is 368 cm³/mol. The minimum atomic E-state index is -3.58. The number of piperidine rings is 4. The molecule has 4 amide bonds. The fraction of sp³-hybridized carbons (Fsp3) is 0.621. The van der Waals surface area contributed by atoms with Gasteiger partial charge in [-0.15, -0.1) is 0 Å². The lowest BCUT2D eigenvalue weighted by atomic mass is 9.75. The molecule has 0 bridgehead atoms. The zero-order valence-corrected chi connectivity index (χ0v) is 63.6. The van der Waals surface area contributed by atoms with Crippen molar-refractivity contribution in [3.63, 3.8) is 0 Å². The van der Waals surface area contributed by atoms with Gasteiger partial charge in [0.05, 0.1) is 43.7 Å². The molecule has 0 saturated carbocycles. The highest BCUT2D eigenvalue weighted by Gasteiger charge is 2.47. The molecule has 0 atom stereocenters. The largest absolute Gasteiger partial charge is 0.468 e. The molecule has 4 aromatic rings. The zero-order valence-electron chi connectivity index (χ0n) is 56.4. The molecular weight excluding hydrogens is 1480 g/mol. The number of methoxy groups -OCH3 is 1. The van der Waals surface area contributed by atoms with E-state index in [1.165, 1.54) is 7.11 Å². The summed E-state index contributed by atoms with van der Waals surface area (Å²) in [6, 6.07) is 22.7. The second kappa shape index (κ2) is 32.8. The van der Waals surface area contributed by atoms with Crippen molar-refractivity contribution < 1.29 is 65.4 Å². The maximum absolute atomic E-state index is 12.5. The average Bonchev–Trinajstić information content (AvgIpc) is 0.802. The van der Waals surface area contributed by atoms with E-state index in [2.05, 4.69) is 96.6 Å². The number of hydrogen-bond donors (Lipinski definition) is 1. The van der Waals surface area contributed by atoms with Gasteiger partial charge in [0.2, 0.25) is 0 Å². The normalized spacial score (nSPS) is 17.9. The number of aliphatic hydroxyl groups excluding tert-OH is 1. The Morgan fingerprint density at radius 3 is 1.05 bits per heavy atom. The molecule has 0 spiro atoms. The van der Waals surface area contributed by atoms with Gasteiger partial charge in [0, 0.05) is 74.3 Å². The van der Waals surface area contributed by atoms with Gasteiger partial charge in [-0.3, -0.25) is 8.98 Å². The Balaban J connectivity index is 0.000000225. The Bertz CT molecular complexity index is 3290. The van der Waals surface area contributed by atoms with Crippen LogP contribution in [0, 0.1) is 0 Å². The van der Waals surface area contributed by atoms with Crippen molar-refractivity contribution in [2.45, 2.75) is 185 Å². The van der Waals surface area contributed by atoms with Crippen LogP contribution in [0.3, 0.4) is 0 Å². The monoisotopic (exact) mass is 1570 g/mol. The van der Waals surface area contributed by atoms with E-state index in [0.29, 0.717) is 106 Å². The first-order valence-corrected chi connectivity index (χ1v) is 36.0. The van der Waals surface area contributed by atoms with Crippen LogP contribution < -0.4 is 0 Å². The summed E-state index contributed by atoms with van der Waals surface area (Å²) in [6.45, 7) is 28.7. The first-order valence-electron chi connectivity index (χ1n) is 31.0. The molecule has 0 unspecified atom stereocenters. The van der Waals surface area contributed by atoms with E-state index in [1.54, 1.807) is 19.6 Å². The van der Waals surface area contributed by atoms with E-state index in [4.69, 9.17) is 27.9 Å². The Morgan fingerprint density at radius 1 is 0.462 bits per heavy atom. The van der Waals surface area contributed by atoms with E-state index in [1.807, 2.05) is 150 Å². The summed E-state index contributed by atoms with van der Waals surface area (Å²) in [6.07, 6.45) is 4.91. The summed E-state index contributed by atoms with van der Waals surface area (Å²) in [5, 5.41) is 9.91. The lowest BCUT2D eigenvalue weighted by Gasteiger charge is -2.41. The number of hydrogen-bond acceptors (Lipinski definition) is 18. The van der Waals surface area contributed by atoms with E-state index in [9.17, 15) is 37.5 Å². The Morgan fingerprint density at radius 2 is 0.742 bits per heavy atom. The topological polar surface area (TPSA) is 260 Å². The van der Waals surface area contributed by atoms with Gasteiger partial charge < -0.3 is 48.4 Å². The number of nitrogens with zero attached hydrogens (tertiary/aromatic N) is 8. The summed E-state index contributed by atoms with van der Waals surface area (Å²) in [4.78, 5) is 86.0. The molecule has 1 N–H and O–H groups in total. The van der Waals surface area contributed by atoms with Crippen LogP contribution in [0.2, 0.25) is 0 Å². The fourth-order valence-electron chi connectivity index (χ4n) is 10.8. The van der Waals surface area contributed by atoms with Gasteiger partial charge in [0.25, 0.3) is 10.1 Å². The minimum Gasteiger partial charge on any atom is -0.468 e. The van der Waals surface area contributed by atoms with Gasteiger partial charge >= 0.3 is 30.3 Å². The second-order valence-electron chi connectivity index (χ2n) is 28.1. The van der Waals surface area contributed by atoms with Crippen molar-refractivity contribution in [2.24, 2.45) is 0 Å². The molecule has 4 aliphatic rings. The third-order valence-electron chi connectivity index (χ3n) is 16.0. The van der Waals surface area contributed by atoms with Gasteiger partial charge in [-0.1, -0.05) is 31.2 Å². The molecule has 4 fully saturated rings. The third kappa shape index (κ3) is 24.2. The number of amides is 4. The van der Waals surface area contributed by atoms with Gasteiger partial charge in [0.15, 0.2) is 0 Å². The first-order chi connectivity index (χ1) is 43.0. The van der Waals surface area contributed by atoms with Crippen LogP contribution in [-0.2, 0) is 64.4 Å². The van der Waals surface area contributed by atoms with Crippen LogP contribution in [-0.4, -0.2) is 185 Å². The van der Waals surface area contributed by atoms with Crippen LogP contribution in [0.25, 0.3) is 0 Å². The number of esters is 1. The molecule has 0 radical (unpaired) electrons. The number of ether oxygens (including phenoxy) is 5. The molecule has 4 saturated heterocycles. The van der Waals surface area contributed by atoms with E-state index in [0.717, 1.165) is 45.4 Å². The van der Waals surface area contributed by atoms with Crippen molar-refractivity contribution in [3.8, 4) is 0 Å². The molecule has 93 heavy (non-hydrogen) atoms. The summed E-state index contributed by atoms with van der Waals surface area (Å²) >= 11 is 13.5. The highest BCUT2D eigenvalue weighted by molar-refractivity contribution is 9.11. The molecule has 0 aliphatic carbocycles. The summed E-state index contributed by atoms with van der Waals surface area (Å²) in [5.41, 5.74) is -0.456. The Labute approximate surface area is 583 Å². The predicted octanol–water partition coefficient (Wildman–Crippen LogP) is 13.6. The van der Waals surface area contributed by atoms with Gasteiger partial charge in [-0.25, -0.2) is 39.1 Å². The molecule has 4 aliphatic heterocycles. The van der Waals surface area contributed by atoms with Crippen LogP contribution in [0.5, 0.6) is 0 Å². The number of aliphatic hydroxyl groups is 1. The molecule has 8 heterocycles. The molecule has 516 valence electrons. The lowest BCUT2D eigenvalue weighted by molar-refractivity contribution is -0.150. The van der Waals surface area contributed by atoms with E-state index < -0.39 is 43.4 Å². The van der Waals surface area contributed by atoms with E-state index >= 15 is 0 Å². The van der Waals surface area contributed by atoms with Crippen molar-refractivity contribution in [2.75, 3.05) is 78.9 Å². The molecule has 27 heteroatoms. The van der Waals surface area contributed by atoms with Gasteiger partial charge in [-0.2, -0.15) is 8.42 Å². The van der Waals surface area contributed by atoms with Crippen molar-refractivity contribution in [1.29, 1.82) is 0 Å². The van der Waals surface area contributed by atoms with Crippen molar-refractivity contribution >= 4 is 104 Å². The SMILES string of the molecule is CC(C)(C)OC(=O)N1CCC(C)(c2cccc(Br)n2)CC1.CC(C)(C)OC(=O)N1CCC(CO)(c2cccc(Br)n2)CC1.CC(C)(C)OC(=O)N1CCC(COS(C)(=O)=O)(c2cccc(Br)n2)CC1.COC(=O)C1(c2cccc(Br)n2)CCN(C(=O)OC(C)(C)C)CC1.